The molecule has 18 heavy (non-hydrogen) atoms. The number of fused-ring (bicyclic) bond motifs is 1. The number of rotatable bonds is 3. The molecule has 2 heterocycles. The van der Waals surface area contributed by atoms with E-state index in [1.807, 2.05) is 6.20 Å². The van der Waals surface area contributed by atoms with Crippen LogP contribution in [-0.4, -0.2) is 42.9 Å². The highest BCUT2D eigenvalue weighted by Crippen LogP contribution is 2.51. The first kappa shape index (κ1) is 11.1. The lowest BCUT2D eigenvalue weighted by Gasteiger charge is -2.04. The quantitative estimate of drug-likeness (QED) is 0.682. The molecule has 2 aromatic rings. The number of nitrogen functional groups attached to an aromatic ring is 1. The molecule has 3 rings (SSSR count). The van der Waals surface area contributed by atoms with E-state index in [-0.39, 0.29) is 13.2 Å². The molecule has 1 aliphatic carbocycles. The molecule has 1 aliphatic rings. The molecule has 0 aromatic carbocycles. The van der Waals surface area contributed by atoms with E-state index in [1.54, 1.807) is 10.9 Å². The van der Waals surface area contributed by atoms with Crippen LogP contribution in [0.2, 0.25) is 0 Å². The van der Waals surface area contributed by atoms with E-state index in [0.29, 0.717) is 23.4 Å². The van der Waals surface area contributed by atoms with Crippen LogP contribution in [0.3, 0.4) is 0 Å². The number of aliphatic hydroxyl groups is 2. The molecule has 0 unspecified atom stereocenters. The van der Waals surface area contributed by atoms with E-state index in [4.69, 9.17) is 5.73 Å². The zero-order chi connectivity index (χ0) is 12.8. The van der Waals surface area contributed by atoms with Crippen molar-refractivity contribution < 1.29 is 10.2 Å². The number of nitrogens with zero attached hydrogens (tertiary/aromatic N) is 4. The zero-order valence-electron chi connectivity index (χ0n) is 9.61. The predicted octanol–water partition coefficient (Wildman–Crippen LogP) is -0.376. The van der Waals surface area contributed by atoms with E-state index in [1.165, 1.54) is 6.33 Å². The molecule has 0 aliphatic heterocycles. The van der Waals surface area contributed by atoms with Crippen LogP contribution < -0.4 is 5.73 Å². The lowest BCUT2D eigenvalue weighted by molar-refractivity contribution is 0.143. The van der Waals surface area contributed by atoms with Gasteiger partial charge in [0, 0.05) is 11.6 Å². The smallest absolute Gasteiger partial charge is 0.169 e. The molecule has 0 bridgehead atoms. The van der Waals surface area contributed by atoms with E-state index in [9.17, 15) is 10.2 Å². The average Bonchev–Trinajstić information content (AvgIpc) is 2.93. The van der Waals surface area contributed by atoms with E-state index in [2.05, 4.69) is 15.0 Å². The number of nitrogens with two attached hydrogens (primary N) is 1. The van der Waals surface area contributed by atoms with Gasteiger partial charge in [0.25, 0.3) is 0 Å². The van der Waals surface area contributed by atoms with Gasteiger partial charge in [-0.15, -0.1) is 0 Å². The Morgan fingerprint density at radius 3 is 2.78 bits per heavy atom. The van der Waals surface area contributed by atoms with E-state index < -0.39 is 5.41 Å². The molecule has 4 N–H and O–H groups in total. The third-order valence-electron chi connectivity index (χ3n) is 3.37. The Labute approximate surface area is 103 Å². The van der Waals surface area contributed by atoms with Crippen molar-refractivity contribution in [2.24, 2.45) is 5.41 Å². The number of hydrogen-bond acceptors (Lipinski definition) is 6. The van der Waals surface area contributed by atoms with Crippen molar-refractivity contribution in [3.8, 4) is 0 Å². The summed E-state index contributed by atoms with van der Waals surface area (Å²) in [6.45, 7) is -0.113. The van der Waals surface area contributed by atoms with Gasteiger partial charge >= 0.3 is 0 Å². The average molecular weight is 247 g/mol. The molecular weight excluding hydrogens is 234 g/mol. The molecule has 94 valence electrons. The van der Waals surface area contributed by atoms with Gasteiger partial charge in [0.2, 0.25) is 0 Å². The molecule has 7 nitrogen and oxygen atoms in total. The van der Waals surface area contributed by atoms with Crippen LogP contribution in [-0.2, 0) is 0 Å². The summed E-state index contributed by atoms with van der Waals surface area (Å²) in [5.74, 6) is 0.337. The van der Waals surface area contributed by atoms with Gasteiger partial charge in [0.05, 0.1) is 13.2 Å². The maximum atomic E-state index is 9.24. The van der Waals surface area contributed by atoms with Crippen molar-refractivity contribution in [1.82, 2.24) is 19.5 Å². The second kappa shape index (κ2) is 3.76. The first-order valence-electron chi connectivity index (χ1n) is 5.56. The van der Waals surface area contributed by atoms with Crippen LogP contribution in [0.5, 0.6) is 0 Å². The Morgan fingerprint density at radius 2 is 2.11 bits per heavy atom. The molecule has 0 atom stereocenters. The summed E-state index contributed by atoms with van der Waals surface area (Å²) >= 11 is 0. The molecule has 2 aromatic heterocycles. The maximum Gasteiger partial charge on any atom is 0.169 e. The van der Waals surface area contributed by atoms with Gasteiger partial charge in [-0.2, -0.15) is 0 Å². The van der Waals surface area contributed by atoms with Crippen molar-refractivity contribution in [1.29, 1.82) is 0 Å². The summed E-state index contributed by atoms with van der Waals surface area (Å²) in [4.78, 5) is 12.1. The SMILES string of the molecule is Nc1ncnc2c1ncn2/C=C1\CC1(CO)CO. The Morgan fingerprint density at radius 1 is 1.33 bits per heavy atom. The fourth-order valence-corrected chi connectivity index (χ4v) is 2.00. The topological polar surface area (TPSA) is 110 Å². The minimum Gasteiger partial charge on any atom is -0.395 e. The standard InChI is InChI=1S/C11H13N5O2/c12-9-8-10(14-5-13-9)16(6-15-8)2-7-1-11(7,3-17)4-18/h2,5-6,17-18H,1,3-4H2,(H2,12,13,14)/b7-2+. The van der Waals surface area contributed by atoms with Gasteiger partial charge in [-0.1, -0.05) is 0 Å². The molecule has 0 amide bonds. The van der Waals surface area contributed by atoms with Gasteiger partial charge in [0.1, 0.15) is 12.7 Å². The van der Waals surface area contributed by atoms with Gasteiger partial charge in [-0.3, -0.25) is 4.57 Å². The van der Waals surface area contributed by atoms with Crippen LogP contribution in [0, 0.1) is 5.41 Å². The first-order valence-corrected chi connectivity index (χ1v) is 5.56. The highest BCUT2D eigenvalue weighted by Gasteiger charge is 2.48. The van der Waals surface area contributed by atoms with Crippen molar-refractivity contribution in [2.75, 3.05) is 18.9 Å². The highest BCUT2D eigenvalue weighted by atomic mass is 16.3. The summed E-state index contributed by atoms with van der Waals surface area (Å²) in [5, 5.41) is 18.5. The molecule has 7 heteroatoms. The van der Waals surface area contributed by atoms with Crippen LogP contribution in [0.25, 0.3) is 17.4 Å². The minimum absolute atomic E-state index is 0.0565. The van der Waals surface area contributed by atoms with Crippen LogP contribution >= 0.6 is 0 Å². The predicted molar refractivity (Wildman–Crippen MR) is 65.2 cm³/mol. The summed E-state index contributed by atoms with van der Waals surface area (Å²) in [7, 11) is 0. The number of anilines is 1. The molecular formula is C11H13N5O2. The highest BCUT2D eigenvalue weighted by molar-refractivity contribution is 5.82. The second-order valence-corrected chi connectivity index (χ2v) is 4.51. The zero-order valence-corrected chi connectivity index (χ0v) is 9.61. The number of imidazole rings is 1. The molecule has 1 fully saturated rings. The number of aliphatic hydroxyl groups excluding tert-OH is 2. The van der Waals surface area contributed by atoms with E-state index >= 15 is 0 Å². The lowest BCUT2D eigenvalue weighted by atomic mass is 10.1. The monoisotopic (exact) mass is 247 g/mol. The lowest BCUT2D eigenvalue weighted by Crippen LogP contribution is -2.12. The van der Waals surface area contributed by atoms with Gasteiger partial charge in [-0.25, -0.2) is 15.0 Å². The summed E-state index contributed by atoms with van der Waals surface area (Å²) < 4.78 is 1.73. The first-order chi connectivity index (χ1) is 8.70. The third-order valence-corrected chi connectivity index (χ3v) is 3.37. The molecule has 0 spiro atoms. The van der Waals surface area contributed by atoms with Gasteiger partial charge in [-0.05, 0) is 12.0 Å². The summed E-state index contributed by atoms with van der Waals surface area (Å²) in [6, 6.07) is 0. The summed E-state index contributed by atoms with van der Waals surface area (Å²) in [5.41, 5.74) is 7.36. The van der Waals surface area contributed by atoms with Crippen molar-refractivity contribution in [3.05, 3.63) is 18.2 Å². The molecule has 0 saturated heterocycles. The Balaban J connectivity index is 2.03. The Kier molecular flexibility index (Phi) is 2.32. The van der Waals surface area contributed by atoms with E-state index in [0.717, 1.165) is 5.57 Å². The largest absolute Gasteiger partial charge is 0.395 e. The van der Waals surface area contributed by atoms with Crippen molar-refractivity contribution in [3.63, 3.8) is 0 Å². The van der Waals surface area contributed by atoms with Gasteiger partial charge in [0.15, 0.2) is 17.0 Å². The minimum atomic E-state index is -0.477. The van der Waals surface area contributed by atoms with Crippen molar-refractivity contribution >= 4 is 23.2 Å². The maximum absolute atomic E-state index is 9.24. The number of aromatic nitrogens is 4. The fourth-order valence-electron chi connectivity index (χ4n) is 2.00. The number of hydrogen-bond donors (Lipinski definition) is 3. The fraction of sp³-hybridized carbons (Fsp3) is 0.364. The normalized spacial score (nSPS) is 19.6. The second-order valence-electron chi connectivity index (χ2n) is 4.51. The van der Waals surface area contributed by atoms with Crippen LogP contribution in [0.1, 0.15) is 6.42 Å². The Bertz CT molecular complexity index is 629. The third kappa shape index (κ3) is 1.48. The van der Waals surface area contributed by atoms with Gasteiger partial charge < -0.3 is 15.9 Å². The summed E-state index contributed by atoms with van der Waals surface area (Å²) in [6.07, 6.45) is 5.49. The van der Waals surface area contributed by atoms with Crippen molar-refractivity contribution in [2.45, 2.75) is 6.42 Å². The van der Waals surface area contributed by atoms with Crippen LogP contribution in [0.4, 0.5) is 5.82 Å². The molecule has 1 saturated carbocycles. The Hall–Kier alpha value is -1.99. The van der Waals surface area contributed by atoms with Crippen LogP contribution in [0.15, 0.2) is 18.2 Å². The molecule has 0 radical (unpaired) electrons.